The highest BCUT2D eigenvalue weighted by Crippen LogP contribution is 2.08. The molecule has 10 heteroatoms. The molecule has 0 heterocycles. The number of nitrogens with two attached hydrogens (primary N) is 1. The third-order valence-corrected chi connectivity index (χ3v) is 5.18. The molecule has 8 nitrogen and oxygen atoms in total. The van der Waals surface area contributed by atoms with Crippen LogP contribution >= 0.6 is 0 Å². The molecule has 0 aliphatic heterocycles. The van der Waals surface area contributed by atoms with Crippen LogP contribution in [0.15, 0.2) is 40.6 Å². The number of rotatable bonds is 7. The fourth-order valence-electron chi connectivity index (χ4n) is 1.50. The Morgan fingerprint density at radius 3 is 2.15 bits per heavy atom. The molecule has 0 unspecified atom stereocenters. The quantitative estimate of drug-likeness (QED) is 0.524. The maximum atomic E-state index is 11.1. The van der Waals surface area contributed by atoms with Crippen molar-refractivity contribution >= 4 is 25.9 Å². The zero-order chi connectivity index (χ0) is 20.4. The molecule has 1 atom stereocenters. The van der Waals surface area contributed by atoms with Crippen molar-refractivity contribution in [3.63, 3.8) is 0 Å². The molecule has 0 aliphatic rings. The lowest BCUT2D eigenvalue weighted by molar-refractivity contribution is -0.143. The fraction of sp³-hybridized carbons (Fsp3) is 0.438. The minimum Gasteiger partial charge on any atom is -0.744 e. The van der Waals surface area contributed by atoms with Crippen LogP contribution in [0.2, 0.25) is 0 Å². The maximum absolute atomic E-state index is 11.1. The lowest BCUT2D eigenvalue weighted by Gasteiger charge is -2.05. The lowest BCUT2D eigenvalue weighted by Crippen LogP contribution is -2.23. The molecule has 26 heavy (non-hydrogen) atoms. The van der Waals surface area contributed by atoms with Gasteiger partial charge in [0.15, 0.2) is 9.84 Å². The first-order valence-electron chi connectivity index (χ1n) is 7.76. The summed E-state index contributed by atoms with van der Waals surface area (Å²) in [5, 5.41) is 1.04. The Morgan fingerprint density at radius 1 is 1.19 bits per heavy atom. The van der Waals surface area contributed by atoms with Crippen LogP contribution in [0.1, 0.15) is 25.8 Å². The van der Waals surface area contributed by atoms with Gasteiger partial charge in [0, 0.05) is 11.4 Å². The average molecular weight is 407 g/mol. The average Bonchev–Trinajstić information content (AvgIpc) is 2.53. The van der Waals surface area contributed by atoms with E-state index in [0.29, 0.717) is 6.61 Å². The maximum Gasteiger partial charge on any atom is 0.307 e. The molecule has 148 valence electrons. The van der Waals surface area contributed by atoms with Crippen molar-refractivity contribution in [1.29, 1.82) is 0 Å². The standard InChI is InChI=1S/C9H17NO4S.C7H8O3S/c1-3-14-9(11)7-8(10)5-6-15(12,13)4-2;1-6-2-4-7(5-3-6)11(8,9)10/h5-6,8H,3-4,7,10H2,1-2H3;2-5H,1H3,(H,8,9,10)/p-1/b6-5+;/t8-;/m1./s1. The molecule has 0 fully saturated rings. The van der Waals surface area contributed by atoms with Crippen molar-refractivity contribution in [2.75, 3.05) is 12.4 Å². The fourth-order valence-corrected chi connectivity index (χ4v) is 2.61. The number of esters is 1. The summed E-state index contributed by atoms with van der Waals surface area (Å²) in [5.41, 5.74) is 6.44. The molecule has 0 amide bonds. The van der Waals surface area contributed by atoms with Gasteiger partial charge in [-0.1, -0.05) is 30.7 Å². The molecule has 0 spiro atoms. The predicted octanol–water partition coefficient (Wildman–Crippen LogP) is 1.11. The molecule has 0 aromatic heterocycles. The van der Waals surface area contributed by atoms with Gasteiger partial charge in [0.25, 0.3) is 0 Å². The summed E-state index contributed by atoms with van der Waals surface area (Å²) in [6.45, 7) is 5.35. The van der Waals surface area contributed by atoms with Gasteiger partial charge >= 0.3 is 5.97 Å². The summed E-state index contributed by atoms with van der Waals surface area (Å²) in [6, 6.07) is 5.16. The first-order valence-corrected chi connectivity index (χ1v) is 10.9. The number of sulfone groups is 1. The highest BCUT2D eigenvalue weighted by molar-refractivity contribution is 7.94. The lowest BCUT2D eigenvalue weighted by atomic mass is 10.2. The number of hydrogen-bond donors (Lipinski definition) is 1. The molecular formula is C16H24NO7S2-. The van der Waals surface area contributed by atoms with Crippen LogP contribution in [0.4, 0.5) is 0 Å². The summed E-state index contributed by atoms with van der Waals surface area (Å²) >= 11 is 0. The highest BCUT2D eigenvalue weighted by atomic mass is 32.2. The van der Waals surface area contributed by atoms with Crippen molar-refractivity contribution in [3.05, 3.63) is 41.3 Å². The van der Waals surface area contributed by atoms with Crippen LogP contribution in [0, 0.1) is 6.92 Å². The second-order valence-corrected chi connectivity index (χ2v) is 8.78. The first-order chi connectivity index (χ1) is 11.9. The second-order valence-electron chi connectivity index (χ2n) is 5.22. The minimum absolute atomic E-state index is 0.0103. The molecule has 0 bridgehead atoms. The van der Waals surface area contributed by atoms with Crippen LogP contribution in [-0.2, 0) is 29.5 Å². The van der Waals surface area contributed by atoms with Crippen molar-refractivity contribution in [2.45, 2.75) is 38.1 Å². The summed E-state index contributed by atoms with van der Waals surface area (Å²) in [4.78, 5) is 10.8. The largest absolute Gasteiger partial charge is 0.744 e. The van der Waals surface area contributed by atoms with Gasteiger partial charge in [-0.3, -0.25) is 4.79 Å². The van der Waals surface area contributed by atoms with Crippen molar-refractivity contribution in [1.82, 2.24) is 0 Å². The summed E-state index contributed by atoms with van der Waals surface area (Å²) in [6.07, 6.45) is 1.29. The van der Waals surface area contributed by atoms with Crippen LogP contribution in [-0.4, -0.2) is 45.8 Å². The Kier molecular flexibility index (Phi) is 10.3. The van der Waals surface area contributed by atoms with Crippen molar-refractivity contribution < 1.29 is 30.9 Å². The Morgan fingerprint density at radius 2 is 1.73 bits per heavy atom. The van der Waals surface area contributed by atoms with E-state index in [1.807, 2.05) is 6.92 Å². The van der Waals surface area contributed by atoms with Crippen molar-refractivity contribution in [2.24, 2.45) is 5.73 Å². The van der Waals surface area contributed by atoms with E-state index >= 15 is 0 Å². The summed E-state index contributed by atoms with van der Waals surface area (Å²) in [7, 11) is -7.44. The second kappa shape index (κ2) is 11.1. The molecule has 0 radical (unpaired) electrons. The number of benzene rings is 1. The number of hydrogen-bond acceptors (Lipinski definition) is 8. The topological polar surface area (TPSA) is 144 Å². The molecule has 1 rings (SSSR count). The molecule has 0 saturated heterocycles. The number of aryl methyl sites for hydroxylation is 1. The SMILES string of the molecule is CCOC(=O)C[C@H](N)/C=C/S(=O)(=O)CC.Cc1ccc(S(=O)(=O)[O-])cc1. The first kappa shape index (κ1) is 24.2. The van der Waals surface area contributed by atoms with E-state index in [-0.39, 0.29) is 17.1 Å². The van der Waals surface area contributed by atoms with Gasteiger partial charge in [0.2, 0.25) is 0 Å². The molecular weight excluding hydrogens is 382 g/mol. The molecule has 0 aliphatic carbocycles. The monoisotopic (exact) mass is 406 g/mol. The van der Waals surface area contributed by atoms with E-state index in [9.17, 15) is 26.2 Å². The molecule has 0 saturated carbocycles. The van der Waals surface area contributed by atoms with Crippen molar-refractivity contribution in [3.8, 4) is 0 Å². The summed E-state index contributed by atoms with van der Waals surface area (Å²) in [5.74, 6) is -0.404. The predicted molar refractivity (Wildman–Crippen MR) is 97.0 cm³/mol. The molecule has 1 aromatic rings. The van der Waals surface area contributed by atoms with Crippen LogP contribution in [0.25, 0.3) is 0 Å². The van der Waals surface area contributed by atoms with Gasteiger partial charge < -0.3 is 15.0 Å². The van der Waals surface area contributed by atoms with Crippen LogP contribution < -0.4 is 5.73 Å². The van der Waals surface area contributed by atoms with Gasteiger partial charge in [0.05, 0.1) is 23.7 Å². The number of carbonyl (C=O) groups is 1. The molecule has 1 aromatic carbocycles. The molecule has 2 N–H and O–H groups in total. The zero-order valence-corrected chi connectivity index (χ0v) is 16.5. The minimum atomic E-state index is -4.27. The highest BCUT2D eigenvalue weighted by Gasteiger charge is 2.08. The normalized spacial score (nSPS) is 13.0. The smallest absolute Gasteiger partial charge is 0.307 e. The zero-order valence-electron chi connectivity index (χ0n) is 14.9. The Balaban J connectivity index is 0.000000502. The van der Waals surface area contributed by atoms with E-state index in [1.165, 1.54) is 25.1 Å². The van der Waals surface area contributed by atoms with E-state index in [4.69, 9.17) is 5.73 Å². The van der Waals surface area contributed by atoms with E-state index < -0.39 is 32.0 Å². The van der Waals surface area contributed by atoms with Gasteiger partial charge in [-0.15, -0.1) is 0 Å². The third kappa shape index (κ3) is 11.0. The van der Waals surface area contributed by atoms with E-state index in [0.717, 1.165) is 11.0 Å². The van der Waals surface area contributed by atoms with Gasteiger partial charge in [-0.05, 0) is 26.0 Å². The summed E-state index contributed by atoms with van der Waals surface area (Å²) < 4.78 is 57.9. The van der Waals surface area contributed by atoms with Crippen LogP contribution in [0.3, 0.4) is 0 Å². The van der Waals surface area contributed by atoms with Crippen LogP contribution in [0.5, 0.6) is 0 Å². The van der Waals surface area contributed by atoms with E-state index in [2.05, 4.69) is 4.74 Å². The third-order valence-electron chi connectivity index (χ3n) is 2.95. The van der Waals surface area contributed by atoms with E-state index in [1.54, 1.807) is 19.1 Å². The van der Waals surface area contributed by atoms with Gasteiger partial charge in [0.1, 0.15) is 10.1 Å². The Bertz CT molecular complexity index is 798. The van der Waals surface area contributed by atoms with Gasteiger partial charge in [-0.25, -0.2) is 16.8 Å². The number of ether oxygens (including phenoxy) is 1. The Hall–Kier alpha value is -1.75. The Labute approximate surface area is 154 Å². The number of carbonyl (C=O) groups excluding carboxylic acids is 1. The van der Waals surface area contributed by atoms with Gasteiger partial charge in [-0.2, -0.15) is 0 Å².